The van der Waals surface area contributed by atoms with E-state index in [1.165, 1.54) is 0 Å². The molecule has 2 nitrogen and oxygen atoms in total. The molecule has 0 N–H and O–H groups in total. The molecule has 0 bridgehead atoms. The number of hydrogen-bond donors (Lipinski definition) is 0. The van der Waals surface area contributed by atoms with Crippen LogP contribution < -0.4 is 0 Å². The molecule has 0 radical (unpaired) electrons. The van der Waals surface area contributed by atoms with Crippen LogP contribution in [0.1, 0.15) is 6.42 Å². The number of ether oxygens (including phenoxy) is 1. The third-order valence-corrected chi connectivity index (χ3v) is 1.82. The fourth-order valence-electron chi connectivity index (χ4n) is 1.08. The summed E-state index contributed by atoms with van der Waals surface area (Å²) in [6.45, 7) is 0. The highest BCUT2D eigenvalue weighted by molar-refractivity contribution is 5.86. The number of alkyl halides is 2. The van der Waals surface area contributed by atoms with Gasteiger partial charge in [-0.3, -0.25) is 0 Å². The lowest BCUT2D eigenvalue weighted by Crippen LogP contribution is -2.14. The molecule has 0 amide bonds. The van der Waals surface area contributed by atoms with E-state index in [4.69, 9.17) is 0 Å². The van der Waals surface area contributed by atoms with Crippen molar-refractivity contribution in [2.24, 2.45) is 5.92 Å². The minimum atomic E-state index is -1.95. The zero-order valence-corrected chi connectivity index (χ0v) is 4.43. The number of cyclic esters (lactones) is 1. The van der Waals surface area contributed by atoms with Gasteiger partial charge in [0, 0.05) is 6.42 Å². The first-order chi connectivity index (χ1) is 4.14. The van der Waals surface area contributed by atoms with Crippen LogP contribution in [0.5, 0.6) is 0 Å². The third-order valence-electron chi connectivity index (χ3n) is 1.82. The van der Waals surface area contributed by atoms with Gasteiger partial charge < -0.3 is 4.74 Å². The zero-order chi connectivity index (χ0) is 6.65. The van der Waals surface area contributed by atoms with Crippen molar-refractivity contribution < 1.29 is 18.3 Å². The van der Waals surface area contributed by atoms with Crippen LogP contribution in [-0.2, 0) is 9.53 Å². The van der Waals surface area contributed by atoms with E-state index in [0.717, 1.165) is 0 Å². The molecule has 2 rings (SSSR count). The Labute approximate surface area is 49.8 Å². The highest BCUT2D eigenvalue weighted by Crippen LogP contribution is 2.56. The summed E-state index contributed by atoms with van der Waals surface area (Å²) in [7, 11) is 0. The normalized spacial score (nSPS) is 54.7. The van der Waals surface area contributed by atoms with Crippen molar-refractivity contribution >= 4 is 5.97 Å². The Morgan fingerprint density at radius 3 is 2.56 bits per heavy atom. The highest BCUT2D eigenvalue weighted by atomic mass is 19.2. The summed E-state index contributed by atoms with van der Waals surface area (Å²) in [5, 5.41) is 0. The van der Waals surface area contributed by atoms with E-state index in [2.05, 4.69) is 4.74 Å². The van der Waals surface area contributed by atoms with Crippen LogP contribution >= 0.6 is 0 Å². The van der Waals surface area contributed by atoms with Gasteiger partial charge in [0.25, 0.3) is 0 Å². The maximum atomic E-state index is 12.6. The van der Waals surface area contributed by atoms with Gasteiger partial charge >= 0.3 is 5.97 Å². The molecule has 0 aromatic carbocycles. The van der Waals surface area contributed by atoms with Gasteiger partial charge in [-0.05, 0) is 0 Å². The smallest absolute Gasteiger partial charge is 0.347 e. The summed E-state index contributed by atoms with van der Waals surface area (Å²) >= 11 is 0. The molecule has 1 saturated heterocycles. The average Bonchev–Trinajstić information content (AvgIpc) is 2.38. The minimum absolute atomic E-state index is 0.00694. The molecule has 1 heterocycles. The second-order valence-corrected chi connectivity index (χ2v) is 2.43. The van der Waals surface area contributed by atoms with Crippen molar-refractivity contribution in [3.63, 3.8) is 0 Å². The van der Waals surface area contributed by atoms with Crippen LogP contribution in [-0.4, -0.2) is 18.0 Å². The van der Waals surface area contributed by atoms with Gasteiger partial charge in [-0.15, -0.1) is 0 Å². The van der Waals surface area contributed by atoms with E-state index in [-0.39, 0.29) is 6.42 Å². The van der Waals surface area contributed by atoms with Gasteiger partial charge in [-0.1, -0.05) is 0 Å². The first-order valence-electron chi connectivity index (χ1n) is 2.68. The predicted octanol–water partition coefficient (Wildman–Crippen LogP) is 0.567. The number of rotatable bonds is 0. The first-order valence-corrected chi connectivity index (χ1v) is 2.68. The van der Waals surface area contributed by atoms with Crippen molar-refractivity contribution in [3.8, 4) is 0 Å². The molecular weight excluding hydrogens is 130 g/mol. The van der Waals surface area contributed by atoms with E-state index in [9.17, 15) is 13.6 Å². The minimum Gasteiger partial charge on any atom is -0.428 e. The summed E-state index contributed by atoms with van der Waals surface area (Å²) in [5.74, 6) is -1.83. The Kier molecular flexibility index (Phi) is 0.629. The van der Waals surface area contributed by atoms with Gasteiger partial charge in [0.15, 0.2) is 0 Å². The summed E-state index contributed by atoms with van der Waals surface area (Å²) in [5.41, 5.74) is -1.95. The second kappa shape index (κ2) is 1.10. The van der Waals surface area contributed by atoms with E-state index in [1.54, 1.807) is 0 Å². The summed E-state index contributed by atoms with van der Waals surface area (Å²) in [6, 6.07) is 0. The van der Waals surface area contributed by atoms with Crippen molar-refractivity contribution in [2.45, 2.75) is 18.4 Å². The molecule has 2 aliphatic rings. The van der Waals surface area contributed by atoms with E-state index in [1.807, 2.05) is 0 Å². The van der Waals surface area contributed by atoms with Gasteiger partial charge in [0.1, 0.15) is 0 Å². The largest absolute Gasteiger partial charge is 0.428 e. The highest BCUT2D eigenvalue weighted by Gasteiger charge is 2.73. The van der Waals surface area contributed by atoms with E-state index >= 15 is 0 Å². The third kappa shape index (κ3) is 0.418. The standard InChI is InChI=1S/C5H4F2O2/c6-3-2-1-5(2,7)4(8)9-3/h2-3H,1H2. The average molecular weight is 134 g/mol. The van der Waals surface area contributed by atoms with Gasteiger partial charge in [0.05, 0.1) is 5.92 Å². The van der Waals surface area contributed by atoms with Crippen LogP contribution in [0.2, 0.25) is 0 Å². The lowest BCUT2D eigenvalue weighted by Gasteiger charge is -1.98. The Hall–Kier alpha value is -0.670. The Bertz CT molecular complexity index is 182. The fourth-order valence-corrected chi connectivity index (χ4v) is 1.08. The topological polar surface area (TPSA) is 26.3 Å². The van der Waals surface area contributed by atoms with Gasteiger partial charge in [-0.25, -0.2) is 13.6 Å². The monoisotopic (exact) mass is 134 g/mol. The molecule has 1 aliphatic carbocycles. The molecule has 2 fully saturated rings. The quantitative estimate of drug-likeness (QED) is 0.452. The lowest BCUT2D eigenvalue weighted by molar-refractivity contribution is -0.155. The SMILES string of the molecule is O=C1OC(F)C2CC12F. The number of hydrogen-bond acceptors (Lipinski definition) is 2. The molecule has 50 valence electrons. The van der Waals surface area contributed by atoms with Gasteiger partial charge in [-0.2, -0.15) is 0 Å². The maximum Gasteiger partial charge on any atom is 0.347 e. The molecule has 1 saturated carbocycles. The van der Waals surface area contributed by atoms with Gasteiger partial charge in [0.2, 0.25) is 12.0 Å². The maximum absolute atomic E-state index is 12.6. The second-order valence-electron chi connectivity index (χ2n) is 2.43. The molecule has 9 heavy (non-hydrogen) atoms. The van der Waals surface area contributed by atoms with Crippen molar-refractivity contribution in [1.29, 1.82) is 0 Å². The molecule has 0 aromatic heterocycles. The predicted molar refractivity (Wildman–Crippen MR) is 22.9 cm³/mol. The van der Waals surface area contributed by atoms with Crippen LogP contribution in [0.4, 0.5) is 8.78 Å². The van der Waals surface area contributed by atoms with Crippen LogP contribution in [0.15, 0.2) is 0 Å². The van der Waals surface area contributed by atoms with E-state index in [0.29, 0.717) is 0 Å². The molecule has 0 spiro atoms. The fraction of sp³-hybridized carbons (Fsp3) is 0.800. The Morgan fingerprint density at radius 1 is 1.78 bits per heavy atom. The number of carbonyl (C=O) groups excluding carboxylic acids is 1. The lowest BCUT2D eigenvalue weighted by atomic mass is 10.3. The molecular formula is C5H4F2O2. The number of carbonyl (C=O) groups is 1. The van der Waals surface area contributed by atoms with Crippen molar-refractivity contribution in [3.05, 3.63) is 0 Å². The summed E-state index contributed by atoms with van der Waals surface area (Å²) < 4.78 is 28.7. The van der Waals surface area contributed by atoms with Crippen LogP contribution in [0.25, 0.3) is 0 Å². The molecule has 3 atom stereocenters. The molecule has 4 heteroatoms. The summed E-state index contributed by atoms with van der Waals surface area (Å²) in [6.07, 6.45) is -1.69. The Morgan fingerprint density at radius 2 is 2.44 bits per heavy atom. The molecule has 0 aromatic rings. The number of esters is 1. The van der Waals surface area contributed by atoms with Crippen molar-refractivity contribution in [1.82, 2.24) is 0 Å². The number of fused-ring (bicyclic) bond motifs is 1. The van der Waals surface area contributed by atoms with Crippen LogP contribution in [0, 0.1) is 5.92 Å². The Balaban J connectivity index is 2.28. The van der Waals surface area contributed by atoms with Crippen LogP contribution in [0.3, 0.4) is 0 Å². The van der Waals surface area contributed by atoms with E-state index < -0.39 is 23.9 Å². The zero-order valence-electron chi connectivity index (χ0n) is 4.43. The van der Waals surface area contributed by atoms with Crippen molar-refractivity contribution in [2.75, 3.05) is 0 Å². The molecule has 3 unspecified atom stereocenters. The number of halogens is 2. The molecule has 1 aliphatic heterocycles. The first kappa shape index (κ1) is 5.14. The summed E-state index contributed by atoms with van der Waals surface area (Å²) in [4.78, 5) is 10.3.